The van der Waals surface area contributed by atoms with Crippen molar-refractivity contribution in [1.29, 1.82) is 0 Å². The summed E-state index contributed by atoms with van der Waals surface area (Å²) in [5.74, 6) is 2.22. The SMILES string of the molecule is C/C(=C\[C@H](OC(=O)C(C)(C)C)[C@@H]1C[C@H](C)CC[C@H]1C(C)C)CCCO[Si](C)(C)C(C)(C)C. The lowest BCUT2D eigenvalue weighted by molar-refractivity contribution is -0.161. The van der Waals surface area contributed by atoms with Crippen molar-refractivity contribution in [2.24, 2.45) is 29.1 Å². The van der Waals surface area contributed by atoms with E-state index < -0.39 is 13.7 Å². The van der Waals surface area contributed by atoms with Crippen molar-refractivity contribution in [1.82, 2.24) is 0 Å². The van der Waals surface area contributed by atoms with Crippen molar-refractivity contribution >= 4 is 14.3 Å². The molecule has 1 aliphatic rings. The number of carbonyl (C=O) groups excluding carboxylic acids is 1. The van der Waals surface area contributed by atoms with Gasteiger partial charge in [0, 0.05) is 12.5 Å². The van der Waals surface area contributed by atoms with Crippen molar-refractivity contribution in [2.45, 2.75) is 126 Å². The van der Waals surface area contributed by atoms with Crippen LogP contribution in [0.2, 0.25) is 18.1 Å². The third-order valence-electron chi connectivity index (χ3n) is 7.78. The van der Waals surface area contributed by atoms with Gasteiger partial charge in [0.05, 0.1) is 5.41 Å². The smallest absolute Gasteiger partial charge is 0.311 e. The summed E-state index contributed by atoms with van der Waals surface area (Å²) in [5, 5.41) is 0.244. The number of esters is 1. The molecule has 32 heavy (non-hydrogen) atoms. The van der Waals surface area contributed by atoms with Crippen LogP contribution in [0.1, 0.15) is 101 Å². The van der Waals surface area contributed by atoms with Gasteiger partial charge in [-0.1, -0.05) is 53.5 Å². The molecule has 1 saturated carbocycles. The minimum absolute atomic E-state index is 0.0893. The van der Waals surface area contributed by atoms with Gasteiger partial charge in [0.15, 0.2) is 8.32 Å². The Morgan fingerprint density at radius 2 is 1.66 bits per heavy atom. The summed E-state index contributed by atoms with van der Waals surface area (Å²) in [6.45, 7) is 27.3. The van der Waals surface area contributed by atoms with Crippen molar-refractivity contribution in [3.05, 3.63) is 11.6 Å². The monoisotopic (exact) mass is 466 g/mol. The summed E-state index contributed by atoms with van der Waals surface area (Å²) in [7, 11) is -1.70. The average molecular weight is 467 g/mol. The second-order valence-electron chi connectivity index (χ2n) is 13.3. The van der Waals surface area contributed by atoms with E-state index in [1.165, 1.54) is 18.4 Å². The van der Waals surface area contributed by atoms with Crippen molar-refractivity contribution in [3.63, 3.8) is 0 Å². The Labute approximate surface area is 201 Å². The van der Waals surface area contributed by atoms with Crippen LogP contribution in [0.4, 0.5) is 0 Å². The number of ether oxygens (including phenoxy) is 1. The molecule has 0 aliphatic heterocycles. The van der Waals surface area contributed by atoms with Gasteiger partial charge in [0.25, 0.3) is 0 Å². The molecule has 0 amide bonds. The first-order valence-corrected chi connectivity index (χ1v) is 15.9. The van der Waals surface area contributed by atoms with Crippen LogP contribution < -0.4 is 0 Å². The molecular formula is C28H54O3Si. The van der Waals surface area contributed by atoms with E-state index in [2.05, 4.69) is 67.6 Å². The maximum absolute atomic E-state index is 12.9. The van der Waals surface area contributed by atoms with Gasteiger partial charge in [0.2, 0.25) is 0 Å². The highest BCUT2D eigenvalue weighted by Gasteiger charge is 2.39. The Bertz CT molecular complexity index is 622. The fourth-order valence-electron chi connectivity index (χ4n) is 4.46. The van der Waals surface area contributed by atoms with E-state index in [0.29, 0.717) is 23.7 Å². The molecule has 0 radical (unpaired) electrons. The number of carbonyl (C=O) groups is 1. The topological polar surface area (TPSA) is 35.5 Å². The first-order chi connectivity index (χ1) is 14.5. The Kier molecular flexibility index (Phi) is 10.7. The molecule has 0 heterocycles. The van der Waals surface area contributed by atoms with E-state index in [-0.39, 0.29) is 17.1 Å². The van der Waals surface area contributed by atoms with Gasteiger partial charge in [-0.15, -0.1) is 0 Å². The van der Waals surface area contributed by atoms with Crippen LogP contribution in [-0.4, -0.2) is 27.0 Å². The van der Waals surface area contributed by atoms with Crippen LogP contribution in [0.5, 0.6) is 0 Å². The van der Waals surface area contributed by atoms with E-state index in [1.807, 2.05) is 20.8 Å². The second kappa shape index (κ2) is 11.7. The van der Waals surface area contributed by atoms with Gasteiger partial charge in [-0.25, -0.2) is 0 Å². The number of hydrogen-bond acceptors (Lipinski definition) is 3. The number of rotatable bonds is 9. The molecule has 1 rings (SSSR count). The van der Waals surface area contributed by atoms with Crippen LogP contribution >= 0.6 is 0 Å². The highest BCUT2D eigenvalue weighted by molar-refractivity contribution is 6.74. The van der Waals surface area contributed by atoms with E-state index in [4.69, 9.17) is 9.16 Å². The van der Waals surface area contributed by atoms with Gasteiger partial charge >= 0.3 is 5.97 Å². The summed E-state index contributed by atoms with van der Waals surface area (Å²) in [4.78, 5) is 12.9. The van der Waals surface area contributed by atoms with E-state index in [1.54, 1.807) is 0 Å². The minimum atomic E-state index is -1.70. The van der Waals surface area contributed by atoms with Gasteiger partial charge in [-0.3, -0.25) is 4.79 Å². The maximum atomic E-state index is 12.9. The zero-order valence-corrected chi connectivity index (χ0v) is 24.4. The summed E-state index contributed by atoms with van der Waals surface area (Å²) in [6.07, 6.45) is 7.82. The first-order valence-electron chi connectivity index (χ1n) is 13.0. The predicted octanol–water partition coefficient (Wildman–Crippen LogP) is 8.40. The zero-order valence-electron chi connectivity index (χ0n) is 23.4. The molecule has 0 spiro atoms. The Morgan fingerprint density at radius 3 is 2.16 bits per heavy atom. The molecule has 0 aromatic heterocycles. The predicted molar refractivity (Wildman–Crippen MR) is 140 cm³/mol. The van der Waals surface area contributed by atoms with Crippen molar-refractivity contribution in [3.8, 4) is 0 Å². The molecule has 4 atom stereocenters. The molecule has 1 aliphatic carbocycles. The van der Waals surface area contributed by atoms with E-state index >= 15 is 0 Å². The van der Waals surface area contributed by atoms with E-state index in [9.17, 15) is 4.79 Å². The lowest BCUT2D eigenvalue weighted by Gasteiger charge is -2.41. The largest absolute Gasteiger partial charge is 0.457 e. The van der Waals surface area contributed by atoms with Crippen molar-refractivity contribution < 1.29 is 14.0 Å². The second-order valence-corrected chi connectivity index (χ2v) is 18.1. The van der Waals surface area contributed by atoms with Crippen LogP contribution in [0.15, 0.2) is 11.6 Å². The average Bonchev–Trinajstić information content (AvgIpc) is 2.62. The summed E-state index contributed by atoms with van der Waals surface area (Å²) < 4.78 is 12.6. The highest BCUT2D eigenvalue weighted by Crippen LogP contribution is 2.42. The molecule has 0 unspecified atom stereocenters. The van der Waals surface area contributed by atoms with Gasteiger partial charge < -0.3 is 9.16 Å². The molecule has 0 N–H and O–H groups in total. The Balaban J connectivity index is 2.94. The third kappa shape index (κ3) is 8.97. The minimum Gasteiger partial charge on any atom is -0.457 e. The molecule has 0 aromatic rings. The fraction of sp³-hybridized carbons (Fsp3) is 0.893. The van der Waals surface area contributed by atoms with Crippen LogP contribution in [0.25, 0.3) is 0 Å². The number of allylic oxidation sites excluding steroid dienone is 1. The summed E-state index contributed by atoms with van der Waals surface area (Å²) in [5.41, 5.74) is 0.834. The highest BCUT2D eigenvalue weighted by atomic mass is 28.4. The molecule has 0 aromatic carbocycles. The quantitative estimate of drug-likeness (QED) is 0.148. The zero-order chi connectivity index (χ0) is 24.9. The van der Waals surface area contributed by atoms with E-state index in [0.717, 1.165) is 25.9 Å². The van der Waals surface area contributed by atoms with Gasteiger partial charge in [-0.2, -0.15) is 0 Å². The summed E-state index contributed by atoms with van der Waals surface area (Å²) in [6, 6.07) is 0. The lowest BCUT2D eigenvalue weighted by Crippen LogP contribution is -2.41. The third-order valence-corrected chi connectivity index (χ3v) is 12.3. The van der Waals surface area contributed by atoms with Gasteiger partial charge in [-0.05, 0) is 95.3 Å². The molecule has 0 saturated heterocycles. The Hall–Kier alpha value is -0.613. The standard InChI is InChI=1S/C28H54O3Si/c1-20(2)23-16-15-22(4)18-24(23)25(31-26(29)27(5,6)7)19-21(3)14-13-17-30-32(11,12)28(8,9)10/h19-20,22-25H,13-18H2,1-12H3/b21-19+/t22-,23+,24-,25+/m1/s1. The van der Waals surface area contributed by atoms with Crippen LogP contribution in [0.3, 0.4) is 0 Å². The maximum Gasteiger partial charge on any atom is 0.311 e. The summed E-state index contributed by atoms with van der Waals surface area (Å²) >= 11 is 0. The van der Waals surface area contributed by atoms with Crippen LogP contribution in [-0.2, 0) is 14.0 Å². The molecule has 4 heteroatoms. The van der Waals surface area contributed by atoms with Crippen molar-refractivity contribution in [2.75, 3.05) is 6.61 Å². The van der Waals surface area contributed by atoms with Gasteiger partial charge in [0.1, 0.15) is 6.10 Å². The molecule has 1 fully saturated rings. The first kappa shape index (κ1) is 29.4. The fourth-order valence-corrected chi connectivity index (χ4v) is 5.55. The van der Waals surface area contributed by atoms with Crippen LogP contribution in [0, 0.1) is 29.1 Å². The molecule has 3 nitrogen and oxygen atoms in total. The Morgan fingerprint density at radius 1 is 1.06 bits per heavy atom. The molecule has 0 bridgehead atoms. The molecular weight excluding hydrogens is 412 g/mol. The normalized spacial score (nSPS) is 24.5. The number of hydrogen-bond donors (Lipinski definition) is 0. The lowest BCUT2D eigenvalue weighted by atomic mass is 9.67. The molecule has 188 valence electrons.